The lowest BCUT2D eigenvalue weighted by atomic mass is 10.2. The highest BCUT2D eigenvalue weighted by molar-refractivity contribution is 7.09. The van der Waals surface area contributed by atoms with Crippen molar-refractivity contribution in [1.29, 1.82) is 5.26 Å². The number of halogens is 3. The van der Waals surface area contributed by atoms with Gasteiger partial charge in [0.05, 0.1) is 11.6 Å². The lowest BCUT2D eigenvalue weighted by Gasteiger charge is -2.09. The van der Waals surface area contributed by atoms with E-state index < -0.39 is 11.7 Å². The van der Waals surface area contributed by atoms with Gasteiger partial charge in [0.1, 0.15) is 6.54 Å². The Morgan fingerprint density at radius 1 is 1.38 bits per heavy atom. The van der Waals surface area contributed by atoms with Gasteiger partial charge in [-0.2, -0.15) is 18.4 Å². The molecule has 0 N–H and O–H groups in total. The van der Waals surface area contributed by atoms with Crippen LogP contribution in [0, 0.1) is 11.3 Å². The van der Waals surface area contributed by atoms with Crippen molar-refractivity contribution in [3.63, 3.8) is 0 Å². The molecule has 0 amide bonds. The lowest BCUT2D eigenvalue weighted by Crippen LogP contribution is -2.13. The Kier molecular flexibility index (Phi) is 4.48. The minimum atomic E-state index is -4.38. The lowest BCUT2D eigenvalue weighted by molar-refractivity contribution is -0.137. The molecular weight excluding hydrogens is 299 g/mol. The van der Waals surface area contributed by atoms with E-state index in [1.165, 1.54) is 17.4 Å². The fourth-order valence-corrected chi connectivity index (χ4v) is 2.71. The van der Waals surface area contributed by atoms with Crippen LogP contribution in [0.4, 0.5) is 13.2 Å². The van der Waals surface area contributed by atoms with Crippen LogP contribution in [0.25, 0.3) is 5.69 Å². The van der Waals surface area contributed by atoms with Crippen LogP contribution in [0.3, 0.4) is 0 Å². The van der Waals surface area contributed by atoms with E-state index in [9.17, 15) is 13.2 Å². The van der Waals surface area contributed by atoms with Crippen molar-refractivity contribution in [2.75, 3.05) is 6.54 Å². The minimum Gasteiger partial charge on any atom is -0.292 e. The van der Waals surface area contributed by atoms with Crippen LogP contribution in [-0.4, -0.2) is 11.1 Å². The standard InChI is InChI=1S/C14H12F3N3S/c1-2-12-9-20(13(21-12)19-7-6-18)11-5-3-4-10(8-11)14(15,16)17/h3-5,8-9H,2,7H2,1H3. The summed E-state index contributed by atoms with van der Waals surface area (Å²) in [6.45, 7) is 1.93. The summed E-state index contributed by atoms with van der Waals surface area (Å²) in [6.07, 6.45) is -1.87. The number of aryl methyl sites for hydroxylation is 1. The molecule has 7 heteroatoms. The zero-order valence-corrected chi connectivity index (χ0v) is 12.0. The van der Waals surface area contributed by atoms with E-state index in [-0.39, 0.29) is 6.54 Å². The normalized spacial score (nSPS) is 12.4. The van der Waals surface area contributed by atoms with E-state index in [0.29, 0.717) is 10.5 Å². The van der Waals surface area contributed by atoms with Crippen molar-refractivity contribution in [3.05, 3.63) is 45.7 Å². The fourth-order valence-electron chi connectivity index (χ4n) is 1.78. The molecule has 0 aliphatic heterocycles. The molecule has 1 aromatic carbocycles. The molecule has 0 fully saturated rings. The Morgan fingerprint density at radius 2 is 2.14 bits per heavy atom. The summed E-state index contributed by atoms with van der Waals surface area (Å²) in [5.41, 5.74) is -0.319. The van der Waals surface area contributed by atoms with Gasteiger partial charge in [0.2, 0.25) is 0 Å². The number of benzene rings is 1. The van der Waals surface area contributed by atoms with E-state index in [0.717, 1.165) is 23.4 Å². The largest absolute Gasteiger partial charge is 0.416 e. The van der Waals surface area contributed by atoms with Crippen molar-refractivity contribution < 1.29 is 13.2 Å². The topological polar surface area (TPSA) is 41.1 Å². The molecule has 0 spiro atoms. The molecule has 1 aromatic heterocycles. The summed E-state index contributed by atoms with van der Waals surface area (Å²) in [7, 11) is 0. The predicted molar refractivity (Wildman–Crippen MR) is 74.1 cm³/mol. The molecular formula is C14H12F3N3S. The summed E-state index contributed by atoms with van der Waals surface area (Å²) in [5.74, 6) is 0. The summed E-state index contributed by atoms with van der Waals surface area (Å²) >= 11 is 1.37. The highest BCUT2D eigenvalue weighted by Gasteiger charge is 2.30. The maximum atomic E-state index is 12.8. The van der Waals surface area contributed by atoms with Gasteiger partial charge in [0, 0.05) is 16.8 Å². The zero-order valence-electron chi connectivity index (χ0n) is 11.2. The number of alkyl halides is 3. The number of nitriles is 1. The van der Waals surface area contributed by atoms with Gasteiger partial charge in [0.25, 0.3) is 0 Å². The maximum Gasteiger partial charge on any atom is 0.416 e. The van der Waals surface area contributed by atoms with Crippen molar-refractivity contribution in [2.24, 2.45) is 4.99 Å². The molecule has 2 aromatic rings. The van der Waals surface area contributed by atoms with E-state index in [1.54, 1.807) is 16.8 Å². The van der Waals surface area contributed by atoms with Crippen LogP contribution in [0.2, 0.25) is 0 Å². The smallest absolute Gasteiger partial charge is 0.292 e. The Balaban J connectivity index is 2.56. The molecule has 0 saturated carbocycles. The molecule has 110 valence electrons. The number of rotatable bonds is 3. The summed E-state index contributed by atoms with van der Waals surface area (Å²) in [6, 6.07) is 6.97. The molecule has 0 aliphatic rings. The second-order valence-corrected chi connectivity index (χ2v) is 5.32. The third-order valence-corrected chi connectivity index (χ3v) is 3.95. The molecule has 0 radical (unpaired) electrons. The first-order valence-corrected chi connectivity index (χ1v) is 7.03. The fraction of sp³-hybridized carbons (Fsp3) is 0.286. The van der Waals surface area contributed by atoms with Crippen LogP contribution in [0.5, 0.6) is 0 Å². The Bertz CT molecular complexity index is 735. The Morgan fingerprint density at radius 3 is 2.76 bits per heavy atom. The van der Waals surface area contributed by atoms with Gasteiger partial charge in [-0.3, -0.25) is 4.57 Å². The van der Waals surface area contributed by atoms with Gasteiger partial charge >= 0.3 is 6.18 Å². The first-order valence-electron chi connectivity index (χ1n) is 6.22. The Hall–Kier alpha value is -2.07. The molecule has 0 atom stereocenters. The molecule has 3 nitrogen and oxygen atoms in total. The van der Waals surface area contributed by atoms with Gasteiger partial charge in [-0.25, -0.2) is 4.99 Å². The molecule has 0 bridgehead atoms. The SMILES string of the molecule is CCc1cn(-c2cccc(C(F)(F)F)c2)c(=NCC#N)s1. The summed E-state index contributed by atoms with van der Waals surface area (Å²) in [4.78, 5) is 5.61. The van der Waals surface area contributed by atoms with Crippen LogP contribution in [-0.2, 0) is 12.6 Å². The highest BCUT2D eigenvalue weighted by atomic mass is 32.1. The monoisotopic (exact) mass is 311 g/mol. The molecule has 1 heterocycles. The predicted octanol–water partition coefficient (Wildman–Crippen LogP) is 3.54. The van der Waals surface area contributed by atoms with E-state index in [2.05, 4.69) is 4.99 Å². The molecule has 0 saturated heterocycles. The van der Waals surface area contributed by atoms with E-state index in [4.69, 9.17) is 5.26 Å². The van der Waals surface area contributed by atoms with Crippen LogP contribution < -0.4 is 4.80 Å². The van der Waals surface area contributed by atoms with Gasteiger partial charge in [-0.15, -0.1) is 11.3 Å². The summed E-state index contributed by atoms with van der Waals surface area (Å²) in [5, 5.41) is 8.61. The first-order chi connectivity index (χ1) is 9.95. The van der Waals surface area contributed by atoms with Gasteiger partial charge in [-0.05, 0) is 24.6 Å². The van der Waals surface area contributed by atoms with Crippen LogP contribution in [0.15, 0.2) is 35.5 Å². The molecule has 21 heavy (non-hydrogen) atoms. The molecule has 0 unspecified atom stereocenters. The molecule has 0 aliphatic carbocycles. The Labute approximate surface area is 123 Å². The van der Waals surface area contributed by atoms with E-state index >= 15 is 0 Å². The van der Waals surface area contributed by atoms with Crippen molar-refractivity contribution in [3.8, 4) is 11.8 Å². The number of hydrogen-bond donors (Lipinski definition) is 0. The number of thiazole rings is 1. The van der Waals surface area contributed by atoms with Gasteiger partial charge in [-0.1, -0.05) is 13.0 Å². The quantitative estimate of drug-likeness (QED) is 0.799. The number of nitrogens with zero attached hydrogens (tertiary/aromatic N) is 3. The van der Waals surface area contributed by atoms with Crippen LogP contribution >= 0.6 is 11.3 Å². The van der Waals surface area contributed by atoms with Gasteiger partial charge < -0.3 is 0 Å². The number of aromatic nitrogens is 1. The third-order valence-electron chi connectivity index (χ3n) is 2.79. The average Bonchev–Trinajstić information content (AvgIpc) is 2.87. The van der Waals surface area contributed by atoms with Crippen molar-refractivity contribution in [1.82, 2.24) is 4.57 Å². The van der Waals surface area contributed by atoms with Crippen molar-refractivity contribution in [2.45, 2.75) is 19.5 Å². The van der Waals surface area contributed by atoms with E-state index in [1.807, 2.05) is 13.0 Å². The second-order valence-electron chi connectivity index (χ2n) is 4.23. The minimum absolute atomic E-state index is 0.0252. The van der Waals surface area contributed by atoms with Gasteiger partial charge in [0.15, 0.2) is 4.80 Å². The molecule has 2 rings (SSSR count). The highest BCUT2D eigenvalue weighted by Crippen LogP contribution is 2.30. The third kappa shape index (κ3) is 3.52. The second kappa shape index (κ2) is 6.14. The number of hydrogen-bond acceptors (Lipinski definition) is 3. The van der Waals surface area contributed by atoms with Crippen LogP contribution in [0.1, 0.15) is 17.4 Å². The zero-order chi connectivity index (χ0) is 15.5. The maximum absolute atomic E-state index is 12.8. The average molecular weight is 311 g/mol. The summed E-state index contributed by atoms with van der Waals surface area (Å²) < 4.78 is 39.9. The first kappa shape index (κ1) is 15.3. The van der Waals surface area contributed by atoms with Crippen molar-refractivity contribution >= 4 is 11.3 Å².